The average molecular weight is 346 g/mol. The highest BCUT2D eigenvalue weighted by atomic mass is 79.9. The van der Waals surface area contributed by atoms with Gasteiger partial charge in [-0.05, 0) is 25.3 Å². The van der Waals surface area contributed by atoms with Crippen molar-refractivity contribution in [3.8, 4) is 5.75 Å². The first-order chi connectivity index (χ1) is 9.36. The number of nitrogens with zero attached hydrogens (tertiary/aromatic N) is 1. The maximum absolute atomic E-state index is 11.1. The maximum atomic E-state index is 11.1. The molecule has 1 N–H and O–H groups in total. The lowest BCUT2D eigenvalue weighted by atomic mass is 10.1. The molecule has 0 bridgehead atoms. The van der Waals surface area contributed by atoms with Gasteiger partial charge in [0.2, 0.25) is 5.75 Å². The van der Waals surface area contributed by atoms with E-state index >= 15 is 0 Å². The lowest BCUT2D eigenvalue weighted by Crippen LogP contribution is -2.11. The zero-order chi connectivity index (χ0) is 15.3. The van der Waals surface area contributed by atoms with E-state index in [9.17, 15) is 15.2 Å². The van der Waals surface area contributed by atoms with Gasteiger partial charge in [-0.15, -0.1) is 0 Å². The van der Waals surface area contributed by atoms with Gasteiger partial charge in [0.25, 0.3) is 0 Å². The number of hydrogen-bond acceptors (Lipinski definition) is 4. The molecule has 2 atom stereocenters. The van der Waals surface area contributed by atoms with E-state index < -0.39 is 11.0 Å². The van der Waals surface area contributed by atoms with Crippen molar-refractivity contribution in [1.82, 2.24) is 0 Å². The number of ether oxygens (including phenoxy) is 1. The Bertz CT molecular complexity index is 476. The molecule has 0 saturated carbocycles. The molecule has 0 heterocycles. The molecule has 112 valence electrons. The molecule has 0 saturated heterocycles. The molecule has 0 aliphatic rings. The van der Waals surface area contributed by atoms with Gasteiger partial charge in [0, 0.05) is 16.1 Å². The summed E-state index contributed by atoms with van der Waals surface area (Å²) in [4.78, 5) is 10.7. The van der Waals surface area contributed by atoms with Crippen LogP contribution >= 0.6 is 15.9 Å². The van der Waals surface area contributed by atoms with Crippen LogP contribution in [0, 0.1) is 16.0 Å². The van der Waals surface area contributed by atoms with Crippen LogP contribution < -0.4 is 4.74 Å². The lowest BCUT2D eigenvalue weighted by Gasteiger charge is -2.17. The van der Waals surface area contributed by atoms with E-state index in [1.54, 1.807) is 13.0 Å². The van der Waals surface area contributed by atoms with E-state index in [1.807, 2.05) is 6.92 Å². The smallest absolute Gasteiger partial charge is 0.312 e. The zero-order valence-electron chi connectivity index (χ0n) is 11.9. The number of benzene rings is 1. The number of halogens is 1. The second-order valence-electron chi connectivity index (χ2n) is 4.98. The van der Waals surface area contributed by atoms with Crippen LogP contribution in [0.3, 0.4) is 0 Å². The summed E-state index contributed by atoms with van der Waals surface area (Å²) in [6.07, 6.45) is 1.20. The Morgan fingerprint density at radius 3 is 2.60 bits per heavy atom. The summed E-state index contributed by atoms with van der Waals surface area (Å²) in [6.45, 7) is 6.08. The molecule has 0 aromatic heterocycles. The van der Waals surface area contributed by atoms with Crippen molar-refractivity contribution in [3.05, 3.63) is 32.3 Å². The highest BCUT2D eigenvalue weighted by Crippen LogP contribution is 2.38. The van der Waals surface area contributed by atoms with Gasteiger partial charge in [-0.25, -0.2) is 0 Å². The Kier molecular flexibility index (Phi) is 6.42. The maximum Gasteiger partial charge on any atom is 0.312 e. The van der Waals surface area contributed by atoms with Gasteiger partial charge in [0.05, 0.1) is 17.6 Å². The van der Waals surface area contributed by atoms with Crippen LogP contribution in [-0.2, 0) is 0 Å². The molecule has 5 nitrogen and oxygen atoms in total. The molecule has 0 fully saturated rings. The van der Waals surface area contributed by atoms with Gasteiger partial charge in [0.1, 0.15) is 0 Å². The number of nitro benzene ring substituents is 1. The fourth-order valence-electron chi connectivity index (χ4n) is 2.00. The van der Waals surface area contributed by atoms with E-state index in [0.717, 1.165) is 12.8 Å². The predicted octanol–water partition coefficient (Wildman–Crippen LogP) is 4.23. The van der Waals surface area contributed by atoms with Gasteiger partial charge in [-0.1, -0.05) is 36.2 Å². The minimum Gasteiger partial charge on any atom is -0.486 e. The van der Waals surface area contributed by atoms with E-state index in [4.69, 9.17) is 4.74 Å². The number of aliphatic hydroxyl groups is 1. The van der Waals surface area contributed by atoms with Crippen molar-refractivity contribution < 1.29 is 14.8 Å². The summed E-state index contributed by atoms with van der Waals surface area (Å²) in [5.41, 5.74) is 0.300. The van der Waals surface area contributed by atoms with Crippen LogP contribution in [0.25, 0.3) is 0 Å². The third kappa shape index (κ3) is 4.45. The minimum absolute atomic E-state index is 0.126. The SMILES string of the molecule is CCCC(C)COc1c(C(C)O)cc(Br)cc1[N+](=O)[O-]. The molecule has 20 heavy (non-hydrogen) atoms. The van der Waals surface area contributed by atoms with Crippen molar-refractivity contribution in [2.24, 2.45) is 5.92 Å². The average Bonchev–Trinajstić information content (AvgIpc) is 2.36. The summed E-state index contributed by atoms with van der Waals surface area (Å²) >= 11 is 3.22. The molecule has 0 spiro atoms. The van der Waals surface area contributed by atoms with Crippen molar-refractivity contribution in [2.45, 2.75) is 39.7 Å². The summed E-state index contributed by atoms with van der Waals surface area (Å²) in [7, 11) is 0. The standard InChI is InChI=1S/C14H20BrNO4/c1-4-5-9(2)8-20-14-12(10(3)17)6-11(15)7-13(14)16(18)19/h6-7,9-10,17H,4-5,8H2,1-3H3. The summed E-state index contributed by atoms with van der Waals surface area (Å²) in [5, 5.41) is 20.9. The highest BCUT2D eigenvalue weighted by Gasteiger charge is 2.23. The Morgan fingerprint density at radius 2 is 2.10 bits per heavy atom. The molecule has 0 aliphatic heterocycles. The van der Waals surface area contributed by atoms with Crippen molar-refractivity contribution in [1.29, 1.82) is 0 Å². The first-order valence-electron chi connectivity index (χ1n) is 6.65. The van der Waals surface area contributed by atoms with Gasteiger partial charge >= 0.3 is 5.69 Å². The van der Waals surface area contributed by atoms with Gasteiger partial charge in [-0.3, -0.25) is 10.1 Å². The van der Waals surface area contributed by atoms with E-state index in [2.05, 4.69) is 22.9 Å². The molecule has 0 aliphatic carbocycles. The largest absolute Gasteiger partial charge is 0.486 e. The number of rotatable bonds is 7. The molecule has 6 heteroatoms. The monoisotopic (exact) mass is 345 g/mol. The number of nitro groups is 1. The van der Waals surface area contributed by atoms with Gasteiger partial charge in [-0.2, -0.15) is 0 Å². The first kappa shape index (κ1) is 16.9. The van der Waals surface area contributed by atoms with Gasteiger partial charge < -0.3 is 9.84 Å². The van der Waals surface area contributed by atoms with Crippen LogP contribution in [-0.4, -0.2) is 16.6 Å². The third-order valence-corrected chi connectivity index (χ3v) is 3.46. The first-order valence-corrected chi connectivity index (χ1v) is 7.44. The van der Waals surface area contributed by atoms with Crippen LogP contribution in [0.5, 0.6) is 5.75 Å². The van der Waals surface area contributed by atoms with E-state index in [1.165, 1.54) is 6.07 Å². The third-order valence-electron chi connectivity index (χ3n) is 3.00. The molecule has 2 unspecified atom stereocenters. The number of hydrogen-bond donors (Lipinski definition) is 1. The van der Waals surface area contributed by atoms with E-state index in [0.29, 0.717) is 22.6 Å². The fourth-order valence-corrected chi connectivity index (χ4v) is 2.47. The Hall–Kier alpha value is -1.14. The predicted molar refractivity (Wildman–Crippen MR) is 81.0 cm³/mol. The van der Waals surface area contributed by atoms with Crippen LogP contribution in [0.1, 0.15) is 45.3 Å². The molecule has 1 rings (SSSR count). The summed E-state index contributed by atoms with van der Waals surface area (Å²) in [6, 6.07) is 3.04. The Balaban J connectivity index is 3.10. The van der Waals surface area contributed by atoms with Crippen molar-refractivity contribution >= 4 is 21.6 Å². The van der Waals surface area contributed by atoms with E-state index in [-0.39, 0.29) is 11.4 Å². The van der Waals surface area contributed by atoms with Crippen LogP contribution in [0.15, 0.2) is 16.6 Å². The summed E-state index contributed by atoms with van der Waals surface area (Å²) < 4.78 is 6.19. The number of aliphatic hydroxyl groups excluding tert-OH is 1. The summed E-state index contributed by atoms with van der Waals surface area (Å²) in [5.74, 6) is 0.473. The van der Waals surface area contributed by atoms with Gasteiger partial charge in [0.15, 0.2) is 0 Å². The van der Waals surface area contributed by atoms with Crippen LogP contribution in [0.4, 0.5) is 5.69 Å². The molecular formula is C14H20BrNO4. The Morgan fingerprint density at radius 1 is 1.45 bits per heavy atom. The van der Waals surface area contributed by atoms with Crippen molar-refractivity contribution in [3.63, 3.8) is 0 Å². The normalized spacial score (nSPS) is 13.8. The molecule has 0 amide bonds. The zero-order valence-corrected chi connectivity index (χ0v) is 13.5. The molecular weight excluding hydrogens is 326 g/mol. The minimum atomic E-state index is -0.831. The second-order valence-corrected chi connectivity index (χ2v) is 5.90. The molecule has 0 radical (unpaired) electrons. The lowest BCUT2D eigenvalue weighted by molar-refractivity contribution is -0.386. The quantitative estimate of drug-likeness (QED) is 0.592. The second kappa shape index (κ2) is 7.59. The fraction of sp³-hybridized carbons (Fsp3) is 0.571. The molecule has 1 aromatic rings. The van der Waals surface area contributed by atoms with Crippen molar-refractivity contribution in [2.75, 3.05) is 6.61 Å². The van der Waals surface area contributed by atoms with Crippen LogP contribution in [0.2, 0.25) is 0 Å². The molecule has 1 aromatic carbocycles. The topological polar surface area (TPSA) is 72.6 Å². The Labute approximate surface area is 127 Å². The highest BCUT2D eigenvalue weighted by molar-refractivity contribution is 9.10.